The van der Waals surface area contributed by atoms with Crippen molar-refractivity contribution >= 4 is 34.8 Å². The minimum Gasteiger partial charge on any atom is -1.00 e. The Balaban J connectivity index is 0. The van der Waals surface area contributed by atoms with Gasteiger partial charge in [0.25, 0.3) is 5.56 Å². The van der Waals surface area contributed by atoms with Crippen LogP contribution in [0.3, 0.4) is 0 Å². The van der Waals surface area contributed by atoms with Gasteiger partial charge >= 0.3 is 51.4 Å². The van der Waals surface area contributed by atoms with Crippen molar-refractivity contribution in [1.29, 1.82) is 0 Å². The second kappa shape index (κ2) is 5.24. The summed E-state index contributed by atoms with van der Waals surface area (Å²) in [4.78, 5) is 13.0. The van der Waals surface area contributed by atoms with Crippen LogP contribution < -0.4 is 56.9 Å². The molecule has 11 heavy (non-hydrogen) atoms. The zero-order chi connectivity index (χ0) is 7.72. The van der Waals surface area contributed by atoms with Crippen LogP contribution in [0.25, 0.3) is 0 Å². The summed E-state index contributed by atoms with van der Waals surface area (Å²) in [6.45, 7) is 0. The number of aromatic amines is 1. The molecule has 0 saturated heterocycles. The first-order chi connectivity index (χ1) is 4.63. The van der Waals surface area contributed by atoms with Crippen molar-refractivity contribution in [2.75, 3.05) is 0 Å². The Morgan fingerprint density at radius 1 is 1.27 bits per heavy atom. The van der Waals surface area contributed by atoms with Crippen LogP contribution in [0, 0.1) is 0 Å². The van der Waals surface area contributed by atoms with E-state index in [0.717, 1.165) is 0 Å². The van der Waals surface area contributed by atoms with Gasteiger partial charge in [-0.2, -0.15) is 0 Å². The number of halogens is 3. The number of hydrogen-bond donors (Lipinski definition) is 1. The maximum absolute atomic E-state index is 10.7. The zero-order valence-electron chi connectivity index (χ0n) is 6.62. The molecule has 6 heteroatoms. The van der Waals surface area contributed by atoms with Gasteiger partial charge < -0.3 is 6.41 Å². The Bertz CT molecular complexity index is 316. The average Bonchev–Trinajstić information content (AvgIpc) is 1.93. The van der Waals surface area contributed by atoms with Gasteiger partial charge in [-0.3, -0.25) is 4.79 Å². The summed E-state index contributed by atoms with van der Waals surface area (Å²) in [5.41, 5.74) is -0.434. The molecular weight excluding hydrogens is 236 g/mol. The number of pyridine rings is 1. The summed E-state index contributed by atoms with van der Waals surface area (Å²) in [5, 5.41) is 0.257. The normalized spacial score (nSPS) is 9.00. The van der Waals surface area contributed by atoms with E-state index in [1.54, 1.807) is 0 Å². The molecule has 0 unspecified atom stereocenters. The van der Waals surface area contributed by atoms with Gasteiger partial charge in [0.2, 0.25) is 0 Å². The molecule has 0 amide bonds. The minimum absolute atomic E-state index is 0. The summed E-state index contributed by atoms with van der Waals surface area (Å²) in [6, 6.07) is 0. The van der Waals surface area contributed by atoms with Crippen molar-refractivity contribution in [1.82, 2.24) is 4.98 Å². The number of rotatable bonds is 0. The van der Waals surface area contributed by atoms with Crippen LogP contribution in [0.4, 0.5) is 0 Å². The molecule has 0 aliphatic heterocycles. The smallest absolute Gasteiger partial charge is 1.00 e. The maximum Gasteiger partial charge on any atom is 1.00 e. The summed E-state index contributed by atoms with van der Waals surface area (Å²) >= 11 is 16.4. The van der Waals surface area contributed by atoms with Crippen LogP contribution in [0.2, 0.25) is 15.1 Å². The predicted molar refractivity (Wildman–Crippen MR) is 43.2 cm³/mol. The van der Waals surface area contributed by atoms with Crippen LogP contribution in [-0.4, -0.2) is 4.98 Å². The summed E-state index contributed by atoms with van der Waals surface area (Å²) in [5.74, 6) is 0. The number of H-pyrrole nitrogens is 1. The van der Waals surface area contributed by atoms with E-state index in [1.165, 1.54) is 6.20 Å². The molecule has 0 aromatic carbocycles. The molecule has 2 nitrogen and oxygen atoms in total. The van der Waals surface area contributed by atoms with Gasteiger partial charge in [-0.15, -0.1) is 0 Å². The molecule has 0 atom stereocenters. The van der Waals surface area contributed by atoms with Gasteiger partial charge in [-0.1, -0.05) is 34.8 Å². The van der Waals surface area contributed by atoms with E-state index in [9.17, 15) is 4.79 Å². The topological polar surface area (TPSA) is 32.9 Å². The van der Waals surface area contributed by atoms with Gasteiger partial charge in [-0.05, 0) is 0 Å². The molecule has 1 N–H and O–H groups in total. The van der Waals surface area contributed by atoms with Gasteiger partial charge in [0.05, 0.1) is 10.0 Å². The van der Waals surface area contributed by atoms with Crippen molar-refractivity contribution < 1.29 is 52.8 Å². The van der Waals surface area contributed by atoms with Gasteiger partial charge in [0.1, 0.15) is 5.02 Å². The van der Waals surface area contributed by atoms with Crippen LogP contribution in [0.15, 0.2) is 11.0 Å². The first-order valence-corrected chi connectivity index (χ1v) is 3.48. The molecule has 0 aliphatic carbocycles. The molecule has 1 aromatic rings. The quantitative estimate of drug-likeness (QED) is 0.605. The van der Waals surface area contributed by atoms with Crippen LogP contribution >= 0.6 is 34.8 Å². The van der Waals surface area contributed by atoms with Crippen molar-refractivity contribution in [2.24, 2.45) is 0 Å². The number of hydrogen-bond acceptors (Lipinski definition) is 1. The third-order valence-electron chi connectivity index (χ3n) is 0.932. The molecule has 1 aromatic heterocycles. The van der Waals surface area contributed by atoms with E-state index >= 15 is 0 Å². The molecule has 0 saturated carbocycles. The Morgan fingerprint density at radius 2 is 1.82 bits per heavy atom. The first-order valence-electron chi connectivity index (χ1n) is 2.35. The molecular formula is C5H3Cl3KNO. The molecule has 0 radical (unpaired) electrons. The van der Waals surface area contributed by atoms with E-state index in [2.05, 4.69) is 4.98 Å². The Hall–Kier alpha value is 1.46. The Labute approximate surface area is 122 Å². The Morgan fingerprint density at radius 3 is 2.27 bits per heavy atom. The number of aromatic nitrogens is 1. The van der Waals surface area contributed by atoms with Gasteiger partial charge in [0, 0.05) is 6.20 Å². The van der Waals surface area contributed by atoms with Crippen molar-refractivity contribution in [3.05, 3.63) is 31.6 Å². The second-order valence-corrected chi connectivity index (χ2v) is 2.76. The molecule has 0 spiro atoms. The van der Waals surface area contributed by atoms with E-state index in [4.69, 9.17) is 34.8 Å². The predicted octanol–water partition coefficient (Wildman–Crippen LogP) is -0.548. The monoisotopic (exact) mass is 237 g/mol. The third-order valence-corrected chi connectivity index (χ3v) is 2.18. The summed E-state index contributed by atoms with van der Waals surface area (Å²) in [7, 11) is 0. The largest absolute Gasteiger partial charge is 1.00 e. The standard InChI is InChI=1S/C5H2Cl3NO.K.H/c6-2-1-9-5(10)4(8)3(2)7;;/h1H,(H,9,10);;/q;+1;-1. The van der Waals surface area contributed by atoms with Crippen LogP contribution in [0.5, 0.6) is 0 Å². The summed E-state index contributed by atoms with van der Waals surface area (Å²) < 4.78 is 0. The van der Waals surface area contributed by atoms with Crippen molar-refractivity contribution in [2.45, 2.75) is 0 Å². The van der Waals surface area contributed by atoms with E-state index < -0.39 is 5.56 Å². The molecule has 56 valence electrons. The van der Waals surface area contributed by atoms with Crippen LogP contribution in [-0.2, 0) is 0 Å². The fourth-order valence-electron chi connectivity index (χ4n) is 0.460. The fraction of sp³-hybridized carbons (Fsp3) is 0. The second-order valence-electron chi connectivity index (χ2n) is 1.59. The summed E-state index contributed by atoms with van der Waals surface area (Å²) in [6.07, 6.45) is 1.29. The Kier molecular flexibility index (Phi) is 5.94. The maximum atomic E-state index is 10.7. The average molecular weight is 239 g/mol. The van der Waals surface area contributed by atoms with Crippen molar-refractivity contribution in [3.63, 3.8) is 0 Å². The van der Waals surface area contributed by atoms with Crippen molar-refractivity contribution in [3.8, 4) is 0 Å². The zero-order valence-corrected chi connectivity index (χ0v) is 11.0. The van der Waals surface area contributed by atoms with Crippen LogP contribution in [0.1, 0.15) is 1.43 Å². The van der Waals surface area contributed by atoms with Gasteiger partial charge in [0.15, 0.2) is 0 Å². The molecule has 0 fully saturated rings. The third kappa shape index (κ3) is 3.01. The molecule has 0 aliphatic rings. The molecule has 0 bridgehead atoms. The van der Waals surface area contributed by atoms with Gasteiger partial charge in [-0.25, -0.2) is 0 Å². The van der Waals surface area contributed by atoms with E-state index in [0.29, 0.717) is 0 Å². The minimum atomic E-state index is -0.434. The number of nitrogens with one attached hydrogen (secondary N) is 1. The first kappa shape index (κ1) is 12.5. The molecule has 1 heterocycles. The SMILES string of the molecule is O=c1[nH]cc(Cl)c(Cl)c1Cl.[H-].[K+]. The van der Waals surface area contributed by atoms with E-state index in [1.807, 2.05) is 0 Å². The van der Waals surface area contributed by atoms with E-state index in [-0.39, 0.29) is 67.9 Å². The fourth-order valence-corrected chi connectivity index (χ4v) is 0.954. The molecule has 1 rings (SSSR count).